The van der Waals surface area contributed by atoms with Crippen molar-refractivity contribution in [2.75, 3.05) is 17.0 Å². The summed E-state index contributed by atoms with van der Waals surface area (Å²) in [6, 6.07) is 7.58. The van der Waals surface area contributed by atoms with E-state index in [9.17, 15) is 22.0 Å². The molecular formula is C23H23F2N3O4S. The lowest BCUT2D eigenvalue weighted by molar-refractivity contribution is 0.439. The van der Waals surface area contributed by atoms with Gasteiger partial charge in [0.15, 0.2) is 11.6 Å². The lowest BCUT2D eigenvalue weighted by atomic mass is 9.93. The normalized spacial score (nSPS) is 13.5. The van der Waals surface area contributed by atoms with Crippen LogP contribution in [0.3, 0.4) is 0 Å². The first-order valence-electron chi connectivity index (χ1n) is 10.4. The number of rotatable bonds is 6. The van der Waals surface area contributed by atoms with Crippen LogP contribution in [-0.4, -0.2) is 25.3 Å². The average Bonchev–Trinajstić information content (AvgIpc) is 2.79. The van der Waals surface area contributed by atoms with Crippen molar-refractivity contribution in [2.24, 2.45) is 7.05 Å². The molecule has 2 N–H and O–H groups in total. The van der Waals surface area contributed by atoms with E-state index in [-0.39, 0.29) is 22.8 Å². The van der Waals surface area contributed by atoms with Gasteiger partial charge in [-0.25, -0.2) is 17.2 Å². The molecule has 7 nitrogen and oxygen atoms in total. The van der Waals surface area contributed by atoms with Crippen LogP contribution in [0, 0.1) is 11.6 Å². The van der Waals surface area contributed by atoms with Crippen molar-refractivity contribution in [2.45, 2.75) is 19.9 Å². The van der Waals surface area contributed by atoms with E-state index in [2.05, 4.69) is 10.0 Å². The second-order valence-corrected chi connectivity index (χ2v) is 9.75. The number of hydrogen-bond donors (Lipinski definition) is 2. The number of fused-ring (bicyclic) bond motifs is 1. The molecular weight excluding hydrogens is 452 g/mol. The van der Waals surface area contributed by atoms with Crippen molar-refractivity contribution < 1.29 is 21.9 Å². The topological polar surface area (TPSA) is 89.4 Å². The highest BCUT2D eigenvalue weighted by Gasteiger charge is 2.22. The highest BCUT2D eigenvalue weighted by atomic mass is 32.2. The quantitative estimate of drug-likeness (QED) is 0.570. The van der Waals surface area contributed by atoms with Crippen LogP contribution in [0.4, 0.5) is 14.5 Å². The number of nitrogens with zero attached hydrogens (tertiary/aromatic N) is 1. The van der Waals surface area contributed by atoms with E-state index in [1.165, 1.54) is 29.7 Å². The van der Waals surface area contributed by atoms with Gasteiger partial charge < -0.3 is 14.6 Å². The van der Waals surface area contributed by atoms with Crippen LogP contribution in [0.2, 0.25) is 0 Å². The molecule has 3 aromatic rings. The van der Waals surface area contributed by atoms with Crippen LogP contribution in [-0.2, 0) is 30.0 Å². The van der Waals surface area contributed by atoms with E-state index in [1.54, 1.807) is 19.3 Å². The monoisotopic (exact) mass is 475 g/mol. The lowest BCUT2D eigenvalue weighted by Gasteiger charge is -2.23. The summed E-state index contributed by atoms with van der Waals surface area (Å²) in [5, 5.41) is 3.24. The Kier molecular flexibility index (Phi) is 6.22. The Morgan fingerprint density at radius 3 is 2.58 bits per heavy atom. The fraction of sp³-hybridized carbons (Fsp3) is 0.261. The molecule has 1 aromatic heterocycles. The molecule has 0 saturated carbocycles. The fourth-order valence-electron chi connectivity index (χ4n) is 3.77. The summed E-state index contributed by atoms with van der Waals surface area (Å²) < 4.78 is 61.6. The zero-order valence-electron chi connectivity index (χ0n) is 18.1. The summed E-state index contributed by atoms with van der Waals surface area (Å²) in [5.74, 6) is -1.67. The van der Waals surface area contributed by atoms with Crippen molar-refractivity contribution in [1.82, 2.24) is 9.88 Å². The predicted octanol–water partition coefficient (Wildman–Crippen LogP) is 3.53. The van der Waals surface area contributed by atoms with Gasteiger partial charge >= 0.3 is 0 Å². The maximum absolute atomic E-state index is 14.3. The Bertz CT molecular complexity index is 1390. The first-order valence-corrected chi connectivity index (χ1v) is 12.0. The smallest absolute Gasteiger partial charge is 0.253 e. The minimum Gasteiger partial charge on any atom is -0.454 e. The first-order chi connectivity index (χ1) is 15.7. The maximum atomic E-state index is 14.3. The lowest BCUT2D eigenvalue weighted by Crippen LogP contribution is -2.33. The largest absolute Gasteiger partial charge is 0.454 e. The van der Waals surface area contributed by atoms with Gasteiger partial charge in [0.05, 0.1) is 5.75 Å². The Balaban J connectivity index is 1.91. The van der Waals surface area contributed by atoms with Gasteiger partial charge in [-0.15, -0.1) is 0 Å². The molecule has 1 aliphatic rings. The number of halogens is 2. The minimum atomic E-state index is -3.55. The summed E-state index contributed by atoms with van der Waals surface area (Å²) in [7, 11) is -1.91. The van der Waals surface area contributed by atoms with Crippen LogP contribution < -0.4 is 20.3 Å². The summed E-state index contributed by atoms with van der Waals surface area (Å²) in [5.41, 5.74) is 2.73. The molecule has 0 fully saturated rings. The van der Waals surface area contributed by atoms with Gasteiger partial charge in [-0.1, -0.05) is 0 Å². The third kappa shape index (κ3) is 4.76. The van der Waals surface area contributed by atoms with E-state index in [1.807, 2.05) is 0 Å². The molecule has 4 rings (SSSR count). The van der Waals surface area contributed by atoms with E-state index >= 15 is 0 Å². The predicted molar refractivity (Wildman–Crippen MR) is 122 cm³/mol. The number of ether oxygens (including phenoxy) is 1. The molecule has 2 aromatic carbocycles. The third-order valence-electron chi connectivity index (χ3n) is 5.48. The van der Waals surface area contributed by atoms with Crippen molar-refractivity contribution >= 4 is 15.7 Å². The second kappa shape index (κ2) is 8.95. The Hall–Kier alpha value is -3.24. The van der Waals surface area contributed by atoms with Crippen LogP contribution in [0.15, 0.2) is 47.4 Å². The standard InChI is InChI=1S/C23H23F2N3O4S/c1-3-33(30,31)27-15-5-7-21(32-22-6-4-14(24)10-20(22)25)17(11-15)19-13-28(2)23(29)16-8-9-26-12-18(16)19/h4-7,10-11,13,26-27H,3,8-9,12H2,1-2H3. The molecule has 2 heterocycles. The third-order valence-corrected chi connectivity index (χ3v) is 6.79. The van der Waals surface area contributed by atoms with Crippen LogP contribution in [0.25, 0.3) is 11.1 Å². The summed E-state index contributed by atoms with van der Waals surface area (Å²) in [4.78, 5) is 12.7. The highest BCUT2D eigenvalue weighted by molar-refractivity contribution is 7.92. The number of nitrogens with one attached hydrogen (secondary N) is 2. The van der Waals surface area contributed by atoms with Crippen LogP contribution >= 0.6 is 0 Å². The Labute approximate surface area is 190 Å². The average molecular weight is 476 g/mol. The molecule has 1 aliphatic heterocycles. The molecule has 0 bridgehead atoms. The summed E-state index contributed by atoms with van der Waals surface area (Å²) in [6.07, 6.45) is 2.19. The number of aryl methyl sites for hydroxylation is 1. The van der Waals surface area contributed by atoms with Crippen molar-refractivity contribution in [3.63, 3.8) is 0 Å². The maximum Gasteiger partial charge on any atom is 0.253 e. The summed E-state index contributed by atoms with van der Waals surface area (Å²) in [6.45, 7) is 2.62. The van der Waals surface area contributed by atoms with Gasteiger partial charge in [0, 0.05) is 48.2 Å². The van der Waals surface area contributed by atoms with Gasteiger partial charge in [0.1, 0.15) is 11.6 Å². The van der Waals surface area contributed by atoms with Crippen molar-refractivity contribution in [3.05, 3.63) is 75.7 Å². The molecule has 0 aliphatic carbocycles. The van der Waals surface area contributed by atoms with Gasteiger partial charge in [-0.2, -0.15) is 0 Å². The molecule has 0 saturated heterocycles. The van der Waals surface area contributed by atoms with Gasteiger partial charge in [0.25, 0.3) is 5.56 Å². The second-order valence-electron chi connectivity index (χ2n) is 7.74. The van der Waals surface area contributed by atoms with Gasteiger partial charge in [0.2, 0.25) is 10.0 Å². The number of pyridine rings is 1. The number of benzene rings is 2. The molecule has 0 unspecified atom stereocenters. The minimum absolute atomic E-state index is 0.106. The van der Waals surface area contributed by atoms with Gasteiger partial charge in [-0.3, -0.25) is 9.52 Å². The number of anilines is 1. The molecule has 174 valence electrons. The summed E-state index contributed by atoms with van der Waals surface area (Å²) >= 11 is 0. The van der Waals surface area contributed by atoms with Crippen molar-refractivity contribution in [1.29, 1.82) is 0 Å². The zero-order chi connectivity index (χ0) is 23.8. The van der Waals surface area contributed by atoms with Crippen LogP contribution in [0.1, 0.15) is 18.1 Å². The number of hydrogen-bond acceptors (Lipinski definition) is 5. The fourth-order valence-corrected chi connectivity index (χ4v) is 4.40. The number of aromatic nitrogens is 1. The highest BCUT2D eigenvalue weighted by Crippen LogP contribution is 2.39. The SMILES string of the molecule is CCS(=O)(=O)Nc1ccc(Oc2ccc(F)cc2F)c(-c2cn(C)c(=O)c3c2CNCC3)c1. The Morgan fingerprint density at radius 1 is 1.09 bits per heavy atom. The van der Waals surface area contributed by atoms with Gasteiger partial charge in [-0.05, 0) is 55.8 Å². The number of sulfonamides is 1. The Morgan fingerprint density at radius 2 is 1.85 bits per heavy atom. The molecule has 0 spiro atoms. The molecule has 0 amide bonds. The zero-order valence-corrected chi connectivity index (χ0v) is 18.9. The first kappa shape index (κ1) is 22.9. The van der Waals surface area contributed by atoms with E-state index in [0.717, 1.165) is 17.7 Å². The van der Waals surface area contributed by atoms with E-state index < -0.39 is 21.7 Å². The molecule has 10 heteroatoms. The molecule has 0 radical (unpaired) electrons. The van der Waals surface area contributed by atoms with Crippen LogP contribution in [0.5, 0.6) is 11.5 Å². The molecule has 33 heavy (non-hydrogen) atoms. The van der Waals surface area contributed by atoms with E-state index in [0.29, 0.717) is 41.9 Å². The van der Waals surface area contributed by atoms with Crippen molar-refractivity contribution in [3.8, 4) is 22.6 Å². The van der Waals surface area contributed by atoms with E-state index in [4.69, 9.17) is 4.74 Å². The molecule has 0 atom stereocenters.